The molecule has 162 valence electrons. The Balaban J connectivity index is 1.41. The van der Waals surface area contributed by atoms with Crippen molar-refractivity contribution in [1.29, 1.82) is 0 Å². The molecular weight excluding hydrogens is 439 g/mol. The number of rotatable bonds is 4. The first kappa shape index (κ1) is 21.7. The van der Waals surface area contributed by atoms with Gasteiger partial charge in [-0.05, 0) is 62.1 Å². The van der Waals surface area contributed by atoms with E-state index in [-0.39, 0.29) is 29.7 Å². The highest BCUT2D eigenvalue weighted by atomic mass is 35.5. The van der Waals surface area contributed by atoms with Crippen LogP contribution in [0.4, 0.5) is 0 Å². The zero-order chi connectivity index (χ0) is 22.1. The van der Waals surface area contributed by atoms with E-state index in [9.17, 15) is 9.59 Å². The van der Waals surface area contributed by atoms with Crippen molar-refractivity contribution in [3.05, 3.63) is 75.2 Å². The average Bonchev–Trinajstić information content (AvgIpc) is 2.74. The van der Waals surface area contributed by atoms with Crippen molar-refractivity contribution in [2.24, 2.45) is 5.92 Å². The number of fused-ring (bicyclic) bond motifs is 1. The van der Waals surface area contributed by atoms with E-state index in [0.29, 0.717) is 40.6 Å². The minimum atomic E-state index is -0.468. The van der Waals surface area contributed by atoms with Gasteiger partial charge in [-0.2, -0.15) is 0 Å². The summed E-state index contributed by atoms with van der Waals surface area (Å²) < 4.78 is 17.3. The molecule has 7 heteroatoms. The van der Waals surface area contributed by atoms with E-state index in [1.54, 1.807) is 36.4 Å². The molecule has 3 unspecified atom stereocenters. The van der Waals surface area contributed by atoms with E-state index in [1.165, 1.54) is 6.26 Å². The number of benzene rings is 2. The third-order valence-electron chi connectivity index (χ3n) is 5.68. The van der Waals surface area contributed by atoms with Gasteiger partial charge in [0, 0.05) is 11.4 Å². The fourth-order valence-corrected chi connectivity index (χ4v) is 4.37. The number of allylic oxidation sites excluding steroid dienone is 1. The van der Waals surface area contributed by atoms with Gasteiger partial charge in [0.2, 0.25) is 11.5 Å². The molecule has 5 nitrogen and oxygen atoms in total. The molecule has 2 aromatic rings. The number of carbonyl (C=O) groups excluding carboxylic acids is 2. The Morgan fingerprint density at radius 3 is 2.52 bits per heavy atom. The quantitative estimate of drug-likeness (QED) is 0.537. The number of ether oxygens (including phenoxy) is 3. The second kappa shape index (κ2) is 8.93. The molecule has 1 aliphatic heterocycles. The molecule has 1 heterocycles. The summed E-state index contributed by atoms with van der Waals surface area (Å²) >= 11 is 12.3. The van der Waals surface area contributed by atoms with Crippen molar-refractivity contribution >= 4 is 35.0 Å². The van der Waals surface area contributed by atoms with Gasteiger partial charge in [0.15, 0.2) is 0 Å². The topological polar surface area (TPSA) is 61.8 Å². The number of hydrogen-bond donors (Lipinski definition) is 0. The second-order valence-corrected chi connectivity index (χ2v) is 8.71. The fourth-order valence-electron chi connectivity index (χ4n) is 4.05. The van der Waals surface area contributed by atoms with Crippen LogP contribution in [0.1, 0.15) is 40.7 Å². The van der Waals surface area contributed by atoms with Crippen molar-refractivity contribution < 1.29 is 23.8 Å². The molecule has 0 amide bonds. The van der Waals surface area contributed by atoms with Crippen LogP contribution in [0.3, 0.4) is 0 Å². The van der Waals surface area contributed by atoms with E-state index >= 15 is 0 Å². The van der Waals surface area contributed by atoms with Crippen LogP contribution in [0.25, 0.3) is 0 Å². The van der Waals surface area contributed by atoms with Crippen LogP contribution in [0.15, 0.2) is 48.4 Å². The maximum Gasteiger partial charge on any atom is 0.339 e. The smallest absolute Gasteiger partial charge is 0.339 e. The summed E-state index contributed by atoms with van der Waals surface area (Å²) in [6.07, 6.45) is 2.22. The molecule has 2 aliphatic rings. The van der Waals surface area contributed by atoms with Gasteiger partial charge in [0.1, 0.15) is 24.2 Å². The molecule has 0 bridgehead atoms. The number of hydrogen-bond acceptors (Lipinski definition) is 5. The predicted molar refractivity (Wildman–Crippen MR) is 118 cm³/mol. The largest absolute Gasteiger partial charge is 0.493 e. The Bertz CT molecular complexity index is 1040. The Hall–Kier alpha value is -2.50. The summed E-state index contributed by atoms with van der Waals surface area (Å²) in [5.41, 5.74) is 2.08. The summed E-state index contributed by atoms with van der Waals surface area (Å²) in [5, 5.41) is 1.03. The molecule has 0 aromatic heterocycles. The highest BCUT2D eigenvalue weighted by Gasteiger charge is 2.42. The first-order valence-corrected chi connectivity index (χ1v) is 10.9. The minimum Gasteiger partial charge on any atom is -0.493 e. The normalized spacial score (nSPS) is 22.8. The Morgan fingerprint density at radius 1 is 1.10 bits per heavy atom. The van der Waals surface area contributed by atoms with Gasteiger partial charge < -0.3 is 14.2 Å². The molecule has 1 saturated carbocycles. The molecule has 0 saturated heterocycles. The fraction of sp³-hybridized carbons (Fsp3) is 0.333. The molecule has 0 N–H and O–H groups in total. The zero-order valence-corrected chi connectivity index (χ0v) is 18.7. The highest BCUT2D eigenvalue weighted by Crippen LogP contribution is 2.36. The van der Waals surface area contributed by atoms with Crippen molar-refractivity contribution in [2.45, 2.75) is 45.3 Å². The van der Waals surface area contributed by atoms with Gasteiger partial charge >= 0.3 is 5.97 Å². The van der Waals surface area contributed by atoms with Crippen LogP contribution >= 0.6 is 23.2 Å². The van der Waals surface area contributed by atoms with Crippen LogP contribution in [0, 0.1) is 19.8 Å². The molecule has 1 fully saturated rings. The Labute approximate surface area is 190 Å². The van der Waals surface area contributed by atoms with E-state index in [4.69, 9.17) is 37.4 Å². The highest BCUT2D eigenvalue weighted by molar-refractivity contribution is 6.33. The van der Waals surface area contributed by atoms with E-state index < -0.39 is 5.97 Å². The molecule has 4 rings (SSSR count). The lowest BCUT2D eigenvalue weighted by Crippen LogP contribution is -2.43. The van der Waals surface area contributed by atoms with Gasteiger partial charge in [-0.25, -0.2) is 4.79 Å². The molecule has 31 heavy (non-hydrogen) atoms. The van der Waals surface area contributed by atoms with Gasteiger partial charge in [0.05, 0.1) is 16.5 Å². The second-order valence-electron chi connectivity index (χ2n) is 7.92. The number of carbonyl (C=O) groups is 2. The predicted octanol–water partition coefficient (Wildman–Crippen LogP) is 5.82. The van der Waals surface area contributed by atoms with Crippen LogP contribution < -0.4 is 4.74 Å². The van der Waals surface area contributed by atoms with Crippen molar-refractivity contribution in [3.63, 3.8) is 0 Å². The molecular formula is C24H22Cl2O5. The Morgan fingerprint density at radius 2 is 1.81 bits per heavy atom. The SMILES string of the molecule is Cc1cc(OC2=COC3CC(OC(=O)c4ccccc4Cl)CCC3C2=O)cc(C)c1Cl. The summed E-state index contributed by atoms with van der Waals surface area (Å²) in [6, 6.07) is 10.3. The van der Waals surface area contributed by atoms with Crippen molar-refractivity contribution in [3.8, 4) is 5.75 Å². The van der Waals surface area contributed by atoms with Gasteiger partial charge in [0.25, 0.3) is 0 Å². The van der Waals surface area contributed by atoms with E-state index in [0.717, 1.165) is 11.1 Å². The lowest BCUT2D eigenvalue weighted by Gasteiger charge is -2.36. The number of esters is 1. The maximum atomic E-state index is 13.0. The summed E-state index contributed by atoms with van der Waals surface area (Å²) in [4.78, 5) is 25.4. The first-order valence-electron chi connectivity index (χ1n) is 10.1. The maximum absolute atomic E-state index is 13.0. The van der Waals surface area contributed by atoms with Gasteiger partial charge in [-0.15, -0.1) is 0 Å². The van der Waals surface area contributed by atoms with E-state index in [1.807, 2.05) is 13.8 Å². The Kier molecular flexibility index (Phi) is 6.26. The monoisotopic (exact) mass is 460 g/mol. The van der Waals surface area contributed by atoms with Crippen LogP contribution in [-0.4, -0.2) is 24.0 Å². The lowest BCUT2D eigenvalue weighted by atomic mass is 9.80. The standard InChI is InChI=1S/C24H22Cl2O5/c1-13-9-16(10-14(2)22(13)26)30-21-12-29-20-11-15(7-8-18(20)23(21)27)31-24(28)17-5-3-4-6-19(17)25/h3-6,9-10,12,15,18,20H,7-8,11H2,1-2H3. The molecule has 3 atom stereocenters. The van der Waals surface area contributed by atoms with Crippen molar-refractivity contribution in [2.75, 3.05) is 0 Å². The number of ketones is 1. The lowest BCUT2D eigenvalue weighted by molar-refractivity contribution is -0.132. The molecule has 0 radical (unpaired) electrons. The van der Waals surface area contributed by atoms with Gasteiger partial charge in [-0.3, -0.25) is 4.79 Å². The zero-order valence-electron chi connectivity index (χ0n) is 17.2. The number of Topliss-reactive ketones (excluding diaryl/α,β-unsaturated/α-hetero) is 1. The van der Waals surface area contributed by atoms with E-state index in [2.05, 4.69) is 0 Å². The molecule has 0 spiro atoms. The first-order chi connectivity index (χ1) is 14.8. The third kappa shape index (κ3) is 4.58. The molecule has 2 aromatic carbocycles. The van der Waals surface area contributed by atoms with Gasteiger partial charge in [-0.1, -0.05) is 35.3 Å². The third-order valence-corrected chi connectivity index (χ3v) is 6.60. The number of aryl methyl sites for hydroxylation is 2. The molecule has 1 aliphatic carbocycles. The summed E-state index contributed by atoms with van der Waals surface area (Å²) in [7, 11) is 0. The van der Waals surface area contributed by atoms with Crippen LogP contribution in [0.5, 0.6) is 5.75 Å². The summed E-state index contributed by atoms with van der Waals surface area (Å²) in [5.74, 6) is -0.177. The summed E-state index contributed by atoms with van der Waals surface area (Å²) in [6.45, 7) is 3.77. The minimum absolute atomic E-state index is 0.0996. The van der Waals surface area contributed by atoms with Crippen molar-refractivity contribution in [1.82, 2.24) is 0 Å². The average molecular weight is 461 g/mol. The van der Waals surface area contributed by atoms with Crippen LogP contribution in [-0.2, 0) is 14.3 Å². The van der Waals surface area contributed by atoms with Crippen LogP contribution in [0.2, 0.25) is 10.0 Å². The number of halogens is 2.